The molecule has 0 atom stereocenters. The van der Waals surface area contributed by atoms with Crippen molar-refractivity contribution >= 4 is 59.8 Å². The second kappa shape index (κ2) is 13.1. The highest BCUT2D eigenvalue weighted by Gasteiger charge is 2.18. The van der Waals surface area contributed by atoms with Gasteiger partial charge in [0, 0.05) is 27.8 Å². The van der Waals surface area contributed by atoms with Gasteiger partial charge in [-0.1, -0.05) is 152 Å². The average molecular weight is 726 g/mol. The Morgan fingerprint density at radius 3 is 1.56 bits per heavy atom. The fourth-order valence-corrected chi connectivity index (χ4v) is 8.25. The Balaban J connectivity index is 1.04. The van der Waals surface area contributed by atoms with E-state index in [0.717, 1.165) is 76.9 Å². The van der Waals surface area contributed by atoms with Gasteiger partial charge in [0.25, 0.3) is 0 Å². The van der Waals surface area contributed by atoms with Crippen LogP contribution in [0, 0.1) is 6.57 Å². The van der Waals surface area contributed by atoms with Crippen LogP contribution in [-0.4, -0.2) is 19.5 Å². The second-order valence-electron chi connectivity index (χ2n) is 14.3. The van der Waals surface area contributed by atoms with Crippen LogP contribution in [0.15, 0.2) is 188 Å². The molecule has 9 aromatic carbocycles. The lowest BCUT2D eigenvalue weighted by atomic mass is 10.0. The van der Waals surface area contributed by atoms with Crippen LogP contribution in [0.4, 0.5) is 5.69 Å². The number of benzene rings is 9. The maximum Gasteiger partial charge on any atom is 0.188 e. The van der Waals surface area contributed by atoms with Crippen molar-refractivity contribution in [2.75, 3.05) is 0 Å². The molecule has 264 valence electrons. The van der Waals surface area contributed by atoms with Crippen LogP contribution in [0.2, 0.25) is 0 Å². The first kappa shape index (κ1) is 32.5. The Morgan fingerprint density at radius 1 is 0.368 bits per heavy atom. The van der Waals surface area contributed by atoms with Crippen molar-refractivity contribution in [2.45, 2.75) is 0 Å². The quantitative estimate of drug-likeness (QED) is 0.166. The molecule has 0 aliphatic heterocycles. The van der Waals surface area contributed by atoms with Crippen molar-refractivity contribution in [2.24, 2.45) is 0 Å². The molecule has 0 saturated carbocycles. The van der Waals surface area contributed by atoms with Crippen LogP contribution in [0.25, 0.3) is 110 Å². The molecule has 2 heterocycles. The number of fused-ring (bicyclic) bond motifs is 6. The predicted octanol–water partition coefficient (Wildman–Crippen LogP) is 13.6. The number of rotatable bonds is 5. The highest BCUT2D eigenvalue weighted by molar-refractivity contribution is 6.12. The first-order chi connectivity index (χ1) is 28.2. The third-order valence-electron chi connectivity index (χ3n) is 11.0. The summed E-state index contributed by atoms with van der Waals surface area (Å²) in [4.78, 5) is 19.2. The van der Waals surface area contributed by atoms with Crippen LogP contribution in [0.1, 0.15) is 0 Å². The molecule has 0 radical (unpaired) electrons. The molecule has 5 heteroatoms. The molecule has 11 rings (SSSR count). The van der Waals surface area contributed by atoms with Crippen molar-refractivity contribution in [3.05, 3.63) is 199 Å². The zero-order valence-electron chi connectivity index (χ0n) is 30.6. The maximum absolute atomic E-state index is 7.76. The molecule has 11 aromatic rings. The lowest BCUT2D eigenvalue weighted by molar-refractivity contribution is 1.08. The highest BCUT2D eigenvalue weighted by atomic mass is 15.0. The van der Waals surface area contributed by atoms with E-state index in [1.165, 1.54) is 10.8 Å². The lowest BCUT2D eigenvalue weighted by Gasteiger charge is -2.12. The van der Waals surface area contributed by atoms with E-state index in [1.54, 1.807) is 0 Å². The highest BCUT2D eigenvalue weighted by Crippen LogP contribution is 2.38. The molecule has 5 nitrogen and oxygen atoms in total. The van der Waals surface area contributed by atoms with E-state index >= 15 is 0 Å². The number of aromatic nitrogens is 4. The molecule has 0 bridgehead atoms. The number of hydrogen-bond donors (Lipinski definition) is 0. The lowest BCUT2D eigenvalue weighted by Crippen LogP contribution is -2.01. The summed E-state index contributed by atoms with van der Waals surface area (Å²) >= 11 is 0. The fraction of sp³-hybridized carbons (Fsp3) is 0. The van der Waals surface area contributed by atoms with Gasteiger partial charge in [-0.05, 0) is 85.2 Å². The van der Waals surface area contributed by atoms with Crippen molar-refractivity contribution in [1.29, 1.82) is 0 Å². The minimum absolute atomic E-state index is 0.614. The fourth-order valence-electron chi connectivity index (χ4n) is 8.25. The van der Waals surface area contributed by atoms with E-state index in [0.29, 0.717) is 23.2 Å². The summed E-state index contributed by atoms with van der Waals surface area (Å²) in [6.07, 6.45) is 0. The van der Waals surface area contributed by atoms with E-state index in [-0.39, 0.29) is 0 Å². The topological polar surface area (TPSA) is 48.0 Å². The molecule has 2 aromatic heterocycles. The summed E-state index contributed by atoms with van der Waals surface area (Å²) < 4.78 is 2.31. The molecular weight excluding hydrogens is 695 g/mol. The molecule has 0 aliphatic carbocycles. The van der Waals surface area contributed by atoms with Crippen molar-refractivity contribution in [3.63, 3.8) is 0 Å². The molecule has 0 unspecified atom stereocenters. The van der Waals surface area contributed by atoms with Crippen LogP contribution in [0.3, 0.4) is 0 Å². The van der Waals surface area contributed by atoms with E-state index in [1.807, 2.05) is 12.1 Å². The van der Waals surface area contributed by atoms with E-state index in [9.17, 15) is 0 Å². The van der Waals surface area contributed by atoms with Gasteiger partial charge in [0.2, 0.25) is 0 Å². The molecule has 0 N–H and O–H groups in total. The maximum atomic E-state index is 7.76. The van der Waals surface area contributed by atoms with Gasteiger partial charge in [-0.2, -0.15) is 0 Å². The van der Waals surface area contributed by atoms with Crippen molar-refractivity contribution in [1.82, 2.24) is 19.5 Å². The van der Waals surface area contributed by atoms with Gasteiger partial charge in [0.15, 0.2) is 23.2 Å². The van der Waals surface area contributed by atoms with Crippen molar-refractivity contribution in [3.8, 4) is 51.0 Å². The normalized spacial score (nSPS) is 11.5. The molecular formula is C52H31N5. The van der Waals surface area contributed by atoms with Gasteiger partial charge in [-0.3, -0.25) is 0 Å². The summed E-state index contributed by atoms with van der Waals surface area (Å²) in [5, 5.41) is 9.00. The van der Waals surface area contributed by atoms with E-state index < -0.39 is 0 Å². The van der Waals surface area contributed by atoms with Gasteiger partial charge >= 0.3 is 0 Å². The SMILES string of the molecule is [C-]#[N+]c1ccc2c(c1)c1cc(-c3ccc(-c4nc(-c5cccc6ccccc56)nc(-c5cccc6ccccc56)n4)cc3)ccc1n2-c1ccc2ccccc2c1. The molecule has 0 saturated heterocycles. The molecule has 0 aliphatic rings. The van der Waals surface area contributed by atoms with Crippen LogP contribution in [-0.2, 0) is 0 Å². The van der Waals surface area contributed by atoms with E-state index in [2.05, 4.69) is 185 Å². The molecule has 0 amide bonds. The molecule has 0 fully saturated rings. The van der Waals surface area contributed by atoms with Crippen LogP contribution < -0.4 is 0 Å². The Hall–Kier alpha value is -7.94. The van der Waals surface area contributed by atoms with Gasteiger partial charge in [0.1, 0.15) is 0 Å². The summed E-state index contributed by atoms with van der Waals surface area (Å²) in [6.45, 7) is 7.76. The first-order valence-corrected chi connectivity index (χ1v) is 19.0. The largest absolute Gasteiger partial charge is 0.309 e. The zero-order chi connectivity index (χ0) is 37.9. The van der Waals surface area contributed by atoms with Crippen LogP contribution in [0.5, 0.6) is 0 Å². The third kappa shape index (κ3) is 5.51. The summed E-state index contributed by atoms with van der Waals surface area (Å²) in [5.74, 6) is 1.88. The summed E-state index contributed by atoms with van der Waals surface area (Å²) in [7, 11) is 0. The Morgan fingerprint density at radius 2 is 0.895 bits per heavy atom. The van der Waals surface area contributed by atoms with E-state index in [4.69, 9.17) is 21.5 Å². The number of nitrogens with zero attached hydrogens (tertiary/aromatic N) is 5. The van der Waals surface area contributed by atoms with Crippen LogP contribution >= 0.6 is 0 Å². The summed E-state index contributed by atoms with van der Waals surface area (Å²) in [5.41, 5.74) is 8.87. The van der Waals surface area contributed by atoms with Gasteiger partial charge in [-0.15, -0.1) is 0 Å². The zero-order valence-corrected chi connectivity index (χ0v) is 30.6. The predicted molar refractivity (Wildman–Crippen MR) is 235 cm³/mol. The third-order valence-corrected chi connectivity index (χ3v) is 11.0. The monoisotopic (exact) mass is 725 g/mol. The Bertz CT molecular complexity index is 3320. The minimum atomic E-state index is 0.614. The molecule has 57 heavy (non-hydrogen) atoms. The van der Waals surface area contributed by atoms with Gasteiger partial charge in [0.05, 0.1) is 17.6 Å². The van der Waals surface area contributed by atoms with Crippen molar-refractivity contribution < 1.29 is 0 Å². The first-order valence-electron chi connectivity index (χ1n) is 19.0. The van der Waals surface area contributed by atoms with Gasteiger partial charge in [-0.25, -0.2) is 19.8 Å². The standard InChI is InChI=1S/C52H31N5/c1-53-40-26-29-49-47(32-40)46-31-39(25-28-48(46)57(49)41-27-24-33-10-2-3-13-38(33)30-41)34-20-22-37(23-21-34)50-54-51(44-18-8-14-35-11-4-6-16-42(35)44)56-52(55-50)45-19-9-15-36-12-5-7-17-43(36)45/h2-32H. The summed E-state index contributed by atoms with van der Waals surface area (Å²) in [6, 6.07) is 65.4. The number of hydrogen-bond acceptors (Lipinski definition) is 3. The smallest absolute Gasteiger partial charge is 0.188 e. The Labute approximate surface area is 328 Å². The van der Waals surface area contributed by atoms with Gasteiger partial charge < -0.3 is 4.57 Å². The minimum Gasteiger partial charge on any atom is -0.309 e. The molecule has 0 spiro atoms. The average Bonchev–Trinajstić information content (AvgIpc) is 3.61. The Kier molecular flexibility index (Phi) is 7.48. The second-order valence-corrected chi connectivity index (χ2v) is 14.3.